The number of aromatic nitrogens is 2. The van der Waals surface area contributed by atoms with E-state index in [-0.39, 0.29) is 5.69 Å². The van der Waals surface area contributed by atoms with Crippen LogP contribution in [0.5, 0.6) is 0 Å². The number of rotatable bonds is 1. The predicted molar refractivity (Wildman–Crippen MR) is 61.9 cm³/mol. The van der Waals surface area contributed by atoms with Gasteiger partial charge in [-0.05, 0) is 25.5 Å². The van der Waals surface area contributed by atoms with Crippen LogP contribution in [-0.2, 0) is 6.18 Å². The molecule has 1 heterocycles. The second-order valence-corrected chi connectivity index (χ2v) is 4.08. The molecule has 0 aliphatic heterocycles. The van der Waals surface area contributed by atoms with Crippen LogP contribution in [0.1, 0.15) is 17.0 Å². The van der Waals surface area contributed by atoms with Crippen molar-refractivity contribution in [2.24, 2.45) is 0 Å². The van der Waals surface area contributed by atoms with Gasteiger partial charge in [-0.25, -0.2) is 9.97 Å². The molecule has 0 fully saturated rings. The third-order valence-electron chi connectivity index (χ3n) is 2.57. The minimum Gasteiger partial charge on any atom is -0.233 e. The molecule has 18 heavy (non-hydrogen) atoms. The highest BCUT2D eigenvalue weighted by Gasteiger charge is 2.34. The molecule has 0 bridgehead atoms. The molecule has 0 aliphatic rings. The fourth-order valence-corrected chi connectivity index (χ4v) is 1.75. The Bertz CT molecular complexity index is 577. The SMILES string of the molecule is Cc1ccc(-c2ccnc(C(F)(F)F)n2)c(C)c1. The molecule has 0 N–H and O–H groups in total. The fourth-order valence-electron chi connectivity index (χ4n) is 1.75. The van der Waals surface area contributed by atoms with Gasteiger partial charge in [-0.1, -0.05) is 23.8 Å². The van der Waals surface area contributed by atoms with Crippen molar-refractivity contribution >= 4 is 0 Å². The van der Waals surface area contributed by atoms with Crippen LogP contribution in [0.3, 0.4) is 0 Å². The Morgan fingerprint density at radius 2 is 1.78 bits per heavy atom. The zero-order valence-electron chi connectivity index (χ0n) is 9.92. The van der Waals surface area contributed by atoms with Crippen LogP contribution in [0.2, 0.25) is 0 Å². The molecule has 0 radical (unpaired) electrons. The molecule has 0 saturated carbocycles. The van der Waals surface area contributed by atoms with Gasteiger partial charge in [-0.2, -0.15) is 13.2 Å². The molecule has 1 aromatic carbocycles. The first kappa shape index (κ1) is 12.5. The lowest BCUT2D eigenvalue weighted by Crippen LogP contribution is -2.11. The predicted octanol–water partition coefficient (Wildman–Crippen LogP) is 3.78. The van der Waals surface area contributed by atoms with E-state index >= 15 is 0 Å². The molecule has 0 unspecified atom stereocenters. The maximum Gasteiger partial charge on any atom is 0.451 e. The van der Waals surface area contributed by atoms with Crippen LogP contribution in [-0.4, -0.2) is 9.97 Å². The first-order valence-corrected chi connectivity index (χ1v) is 5.36. The molecule has 0 spiro atoms. The van der Waals surface area contributed by atoms with Crippen molar-refractivity contribution in [2.45, 2.75) is 20.0 Å². The van der Waals surface area contributed by atoms with Crippen molar-refractivity contribution < 1.29 is 13.2 Å². The van der Waals surface area contributed by atoms with Gasteiger partial charge in [0, 0.05) is 11.8 Å². The highest BCUT2D eigenvalue weighted by molar-refractivity contribution is 5.63. The van der Waals surface area contributed by atoms with Crippen molar-refractivity contribution in [3.05, 3.63) is 47.4 Å². The summed E-state index contributed by atoms with van der Waals surface area (Å²) in [5.41, 5.74) is 2.92. The number of hydrogen-bond acceptors (Lipinski definition) is 2. The van der Waals surface area contributed by atoms with Gasteiger partial charge in [0.15, 0.2) is 0 Å². The summed E-state index contributed by atoms with van der Waals surface area (Å²) >= 11 is 0. The van der Waals surface area contributed by atoms with Crippen molar-refractivity contribution in [3.8, 4) is 11.3 Å². The first-order valence-electron chi connectivity index (χ1n) is 5.36. The smallest absolute Gasteiger partial charge is 0.233 e. The lowest BCUT2D eigenvalue weighted by Gasteiger charge is -2.09. The Morgan fingerprint density at radius 1 is 1.06 bits per heavy atom. The monoisotopic (exact) mass is 252 g/mol. The highest BCUT2D eigenvalue weighted by Crippen LogP contribution is 2.28. The Hall–Kier alpha value is -1.91. The van der Waals surface area contributed by atoms with Crippen LogP contribution in [0.15, 0.2) is 30.5 Å². The maximum atomic E-state index is 12.5. The van der Waals surface area contributed by atoms with Gasteiger partial charge < -0.3 is 0 Å². The molecule has 2 nitrogen and oxygen atoms in total. The highest BCUT2D eigenvalue weighted by atomic mass is 19.4. The lowest BCUT2D eigenvalue weighted by atomic mass is 10.0. The summed E-state index contributed by atoms with van der Waals surface area (Å²) in [5.74, 6) is -1.11. The summed E-state index contributed by atoms with van der Waals surface area (Å²) in [5, 5.41) is 0. The quantitative estimate of drug-likeness (QED) is 0.771. The van der Waals surface area contributed by atoms with Crippen LogP contribution in [0.25, 0.3) is 11.3 Å². The van der Waals surface area contributed by atoms with E-state index in [2.05, 4.69) is 9.97 Å². The number of nitrogens with zero attached hydrogens (tertiary/aromatic N) is 2. The molecule has 2 aromatic rings. The Balaban J connectivity index is 2.51. The van der Waals surface area contributed by atoms with Gasteiger partial charge in [0.05, 0.1) is 5.69 Å². The molecular formula is C13H11F3N2. The lowest BCUT2D eigenvalue weighted by molar-refractivity contribution is -0.144. The van der Waals surface area contributed by atoms with Crippen molar-refractivity contribution in [2.75, 3.05) is 0 Å². The van der Waals surface area contributed by atoms with Gasteiger partial charge in [0.2, 0.25) is 5.82 Å². The van der Waals surface area contributed by atoms with E-state index in [9.17, 15) is 13.2 Å². The summed E-state index contributed by atoms with van der Waals surface area (Å²) in [6.45, 7) is 3.77. The number of halogens is 3. The molecule has 0 saturated heterocycles. The summed E-state index contributed by atoms with van der Waals surface area (Å²) in [7, 11) is 0. The molecule has 0 atom stereocenters. The van der Waals surface area contributed by atoms with E-state index < -0.39 is 12.0 Å². The van der Waals surface area contributed by atoms with E-state index in [1.807, 2.05) is 26.0 Å². The maximum absolute atomic E-state index is 12.5. The van der Waals surface area contributed by atoms with Gasteiger partial charge in [-0.15, -0.1) is 0 Å². The largest absolute Gasteiger partial charge is 0.451 e. The summed E-state index contributed by atoms with van der Waals surface area (Å²) in [4.78, 5) is 6.82. The third kappa shape index (κ3) is 2.50. The number of aryl methyl sites for hydroxylation is 2. The minimum absolute atomic E-state index is 0.287. The van der Waals surface area contributed by atoms with Crippen molar-refractivity contribution in [1.29, 1.82) is 0 Å². The average Bonchev–Trinajstić information content (AvgIpc) is 2.28. The van der Waals surface area contributed by atoms with Crippen molar-refractivity contribution in [3.63, 3.8) is 0 Å². The van der Waals surface area contributed by atoms with Gasteiger partial charge in [0.25, 0.3) is 0 Å². The normalized spacial score (nSPS) is 11.6. The zero-order chi connectivity index (χ0) is 13.3. The topological polar surface area (TPSA) is 25.8 Å². The third-order valence-corrected chi connectivity index (χ3v) is 2.57. The van der Waals surface area contributed by atoms with E-state index in [4.69, 9.17) is 0 Å². The standard InChI is InChI=1S/C13H11F3N2/c1-8-3-4-10(9(2)7-8)11-5-6-17-12(18-11)13(14,15)16/h3-7H,1-2H3. The molecule has 94 valence electrons. The zero-order valence-corrected chi connectivity index (χ0v) is 9.92. The molecular weight excluding hydrogens is 241 g/mol. The van der Waals surface area contributed by atoms with Crippen LogP contribution in [0, 0.1) is 13.8 Å². The van der Waals surface area contributed by atoms with E-state index in [1.165, 1.54) is 6.07 Å². The van der Waals surface area contributed by atoms with Gasteiger partial charge in [-0.3, -0.25) is 0 Å². The Morgan fingerprint density at radius 3 is 2.39 bits per heavy atom. The molecule has 0 amide bonds. The number of alkyl halides is 3. The average molecular weight is 252 g/mol. The Labute approximate surface area is 103 Å². The molecule has 5 heteroatoms. The van der Waals surface area contributed by atoms with Crippen LogP contribution in [0.4, 0.5) is 13.2 Å². The summed E-state index contributed by atoms with van der Waals surface area (Å²) in [6, 6.07) is 7.00. The fraction of sp³-hybridized carbons (Fsp3) is 0.231. The number of hydrogen-bond donors (Lipinski definition) is 0. The second kappa shape index (κ2) is 4.40. The second-order valence-electron chi connectivity index (χ2n) is 4.08. The van der Waals surface area contributed by atoms with Crippen LogP contribution < -0.4 is 0 Å². The number of benzene rings is 1. The van der Waals surface area contributed by atoms with Gasteiger partial charge >= 0.3 is 6.18 Å². The van der Waals surface area contributed by atoms with Crippen molar-refractivity contribution in [1.82, 2.24) is 9.97 Å². The van der Waals surface area contributed by atoms with E-state index in [0.717, 1.165) is 17.3 Å². The van der Waals surface area contributed by atoms with Crippen LogP contribution >= 0.6 is 0 Å². The summed E-state index contributed by atoms with van der Waals surface area (Å²) in [6.07, 6.45) is -3.39. The summed E-state index contributed by atoms with van der Waals surface area (Å²) < 4.78 is 37.6. The Kier molecular flexibility index (Phi) is 3.07. The van der Waals surface area contributed by atoms with Gasteiger partial charge in [0.1, 0.15) is 0 Å². The molecule has 2 rings (SSSR count). The molecule has 0 aliphatic carbocycles. The molecule has 1 aromatic heterocycles. The van der Waals surface area contributed by atoms with E-state index in [1.54, 1.807) is 6.07 Å². The van der Waals surface area contributed by atoms with E-state index in [0.29, 0.717) is 5.56 Å². The first-order chi connectivity index (χ1) is 8.38. The minimum atomic E-state index is -4.52.